The van der Waals surface area contributed by atoms with Gasteiger partial charge in [0, 0.05) is 19.7 Å². The topological polar surface area (TPSA) is 81.9 Å². The van der Waals surface area contributed by atoms with Gasteiger partial charge in [0.05, 0.1) is 12.7 Å². The molecule has 0 unspecified atom stereocenters. The van der Waals surface area contributed by atoms with Crippen molar-refractivity contribution in [1.82, 2.24) is 4.90 Å². The lowest BCUT2D eigenvalue weighted by atomic mass is 10.1. The number of rotatable bonds is 7. The van der Waals surface area contributed by atoms with Crippen molar-refractivity contribution in [2.45, 2.75) is 20.4 Å². The number of likely N-dealkylation sites (N-methyl/N-ethyl adjacent to an activating group) is 1. The number of methoxy groups -OCH3 is 1. The lowest BCUT2D eigenvalue weighted by molar-refractivity contribution is -0.132. The molecule has 2 N–H and O–H groups in total. The van der Waals surface area contributed by atoms with Crippen molar-refractivity contribution in [3.05, 3.63) is 58.7 Å². The van der Waals surface area contributed by atoms with Gasteiger partial charge in [0.1, 0.15) is 11.5 Å². The molecule has 0 aliphatic rings. The van der Waals surface area contributed by atoms with Gasteiger partial charge in [-0.15, -0.1) is 0 Å². The zero-order valence-corrected chi connectivity index (χ0v) is 15.5. The van der Waals surface area contributed by atoms with Crippen LogP contribution in [0.15, 0.2) is 36.4 Å². The summed E-state index contributed by atoms with van der Waals surface area (Å²) in [5.41, 5.74) is 8.94. The molecule has 2 amide bonds. The highest BCUT2D eigenvalue weighted by molar-refractivity contribution is 5.96. The number of amides is 2. The number of carbonyl (C=O) groups is 2. The van der Waals surface area contributed by atoms with E-state index in [9.17, 15) is 9.59 Å². The van der Waals surface area contributed by atoms with Crippen LogP contribution in [0.2, 0.25) is 0 Å². The maximum Gasteiger partial charge on any atom is 0.260 e. The summed E-state index contributed by atoms with van der Waals surface area (Å²) in [5, 5.41) is 0. The maximum atomic E-state index is 12.4. The van der Waals surface area contributed by atoms with Gasteiger partial charge < -0.3 is 20.1 Å². The maximum absolute atomic E-state index is 12.4. The third-order valence-electron chi connectivity index (χ3n) is 4.14. The van der Waals surface area contributed by atoms with Crippen molar-refractivity contribution >= 4 is 11.8 Å². The molecule has 0 aliphatic heterocycles. The molecular weight excluding hydrogens is 332 g/mol. The average molecular weight is 356 g/mol. The standard InChI is InChI=1S/C20H24N2O4/c1-13-5-6-15(14(2)9-13)11-22(3)19(23)12-26-18-10-16(25-4)7-8-17(18)20(21)24/h5-10H,11-12H2,1-4H3,(H2,21,24). The van der Waals surface area contributed by atoms with E-state index in [1.54, 1.807) is 18.0 Å². The SMILES string of the molecule is COc1ccc(C(N)=O)c(OCC(=O)N(C)Cc2ccc(C)cc2C)c1. The Morgan fingerprint density at radius 1 is 1.12 bits per heavy atom. The second kappa shape index (κ2) is 8.38. The molecule has 0 radical (unpaired) electrons. The van der Waals surface area contributed by atoms with Gasteiger partial charge in [0.25, 0.3) is 11.8 Å². The van der Waals surface area contributed by atoms with Gasteiger partial charge in [-0.3, -0.25) is 9.59 Å². The Labute approximate surface area is 153 Å². The van der Waals surface area contributed by atoms with Crippen molar-refractivity contribution in [3.8, 4) is 11.5 Å². The van der Waals surface area contributed by atoms with E-state index in [1.165, 1.54) is 24.8 Å². The molecule has 6 nitrogen and oxygen atoms in total. The molecule has 26 heavy (non-hydrogen) atoms. The number of carbonyl (C=O) groups excluding carboxylic acids is 2. The van der Waals surface area contributed by atoms with Crippen LogP contribution in [0.1, 0.15) is 27.0 Å². The van der Waals surface area contributed by atoms with Crippen molar-refractivity contribution in [2.75, 3.05) is 20.8 Å². The van der Waals surface area contributed by atoms with Gasteiger partial charge in [0.15, 0.2) is 6.61 Å². The number of aryl methyl sites for hydroxylation is 2. The monoisotopic (exact) mass is 356 g/mol. The van der Waals surface area contributed by atoms with E-state index in [4.69, 9.17) is 15.2 Å². The first-order valence-electron chi connectivity index (χ1n) is 8.22. The molecule has 0 saturated heterocycles. The molecule has 2 aromatic carbocycles. The highest BCUT2D eigenvalue weighted by Gasteiger charge is 2.15. The fourth-order valence-corrected chi connectivity index (χ4v) is 2.57. The minimum atomic E-state index is -0.626. The first-order chi connectivity index (χ1) is 12.3. The van der Waals surface area contributed by atoms with Gasteiger partial charge in [-0.2, -0.15) is 0 Å². The molecule has 2 aromatic rings. The Bertz CT molecular complexity index is 817. The van der Waals surface area contributed by atoms with E-state index >= 15 is 0 Å². The first-order valence-corrected chi connectivity index (χ1v) is 8.22. The van der Waals surface area contributed by atoms with Crippen LogP contribution in [0.25, 0.3) is 0 Å². The molecule has 138 valence electrons. The molecule has 0 saturated carbocycles. The van der Waals surface area contributed by atoms with Gasteiger partial charge >= 0.3 is 0 Å². The van der Waals surface area contributed by atoms with Gasteiger partial charge in [-0.25, -0.2) is 0 Å². The molecule has 0 spiro atoms. The second-order valence-corrected chi connectivity index (χ2v) is 6.19. The predicted molar refractivity (Wildman–Crippen MR) is 99.4 cm³/mol. The van der Waals surface area contributed by atoms with Crippen LogP contribution < -0.4 is 15.2 Å². The number of nitrogens with zero attached hydrogens (tertiary/aromatic N) is 1. The minimum absolute atomic E-state index is 0.200. The largest absolute Gasteiger partial charge is 0.497 e. The number of benzene rings is 2. The summed E-state index contributed by atoms with van der Waals surface area (Å²) in [6, 6.07) is 10.8. The summed E-state index contributed by atoms with van der Waals surface area (Å²) in [4.78, 5) is 25.5. The van der Waals surface area contributed by atoms with E-state index in [2.05, 4.69) is 6.07 Å². The molecular formula is C20H24N2O4. The fourth-order valence-electron chi connectivity index (χ4n) is 2.57. The van der Waals surface area contributed by atoms with Crippen LogP contribution in [0.4, 0.5) is 0 Å². The fraction of sp³-hybridized carbons (Fsp3) is 0.300. The third-order valence-corrected chi connectivity index (χ3v) is 4.14. The van der Waals surface area contributed by atoms with E-state index in [0.717, 1.165) is 11.1 Å². The molecule has 6 heteroatoms. The zero-order chi connectivity index (χ0) is 19.3. The van der Waals surface area contributed by atoms with Gasteiger partial charge in [0.2, 0.25) is 0 Å². The normalized spacial score (nSPS) is 10.3. The zero-order valence-electron chi connectivity index (χ0n) is 15.5. The van der Waals surface area contributed by atoms with Crippen LogP contribution in [0.5, 0.6) is 11.5 Å². The van der Waals surface area contributed by atoms with Crippen LogP contribution >= 0.6 is 0 Å². The summed E-state index contributed by atoms with van der Waals surface area (Å²) >= 11 is 0. The molecule has 2 rings (SSSR count). The van der Waals surface area contributed by atoms with Crippen LogP contribution in [-0.2, 0) is 11.3 Å². The Balaban J connectivity index is 2.04. The lowest BCUT2D eigenvalue weighted by Crippen LogP contribution is -2.31. The van der Waals surface area contributed by atoms with Crippen LogP contribution in [0, 0.1) is 13.8 Å². The molecule has 0 atom stereocenters. The van der Waals surface area contributed by atoms with Gasteiger partial charge in [-0.05, 0) is 37.1 Å². The van der Waals surface area contributed by atoms with Crippen LogP contribution in [-0.4, -0.2) is 37.5 Å². The third kappa shape index (κ3) is 4.75. The van der Waals surface area contributed by atoms with E-state index < -0.39 is 5.91 Å². The molecule has 0 bridgehead atoms. The summed E-state index contributed by atoms with van der Waals surface area (Å²) < 4.78 is 10.7. The average Bonchev–Trinajstić information content (AvgIpc) is 2.61. The van der Waals surface area contributed by atoms with Crippen LogP contribution in [0.3, 0.4) is 0 Å². The summed E-state index contributed by atoms with van der Waals surface area (Å²) in [6.07, 6.45) is 0. The van der Waals surface area contributed by atoms with E-state index in [0.29, 0.717) is 12.3 Å². The minimum Gasteiger partial charge on any atom is -0.497 e. The second-order valence-electron chi connectivity index (χ2n) is 6.19. The molecule has 0 fully saturated rings. The molecule has 0 aromatic heterocycles. The lowest BCUT2D eigenvalue weighted by Gasteiger charge is -2.19. The van der Waals surface area contributed by atoms with Crippen molar-refractivity contribution in [1.29, 1.82) is 0 Å². The Kier molecular flexibility index (Phi) is 6.22. The molecule has 0 aliphatic carbocycles. The summed E-state index contributed by atoms with van der Waals surface area (Å²) in [6.45, 7) is 4.33. The van der Waals surface area contributed by atoms with Crippen molar-refractivity contribution < 1.29 is 19.1 Å². The Hall–Kier alpha value is -3.02. The van der Waals surface area contributed by atoms with E-state index in [1.807, 2.05) is 26.0 Å². The predicted octanol–water partition coefficient (Wildman–Crippen LogP) is 2.45. The Morgan fingerprint density at radius 3 is 2.46 bits per heavy atom. The highest BCUT2D eigenvalue weighted by atomic mass is 16.5. The molecule has 0 heterocycles. The number of nitrogens with two attached hydrogens (primary N) is 1. The number of hydrogen-bond acceptors (Lipinski definition) is 4. The van der Waals surface area contributed by atoms with Crippen molar-refractivity contribution in [3.63, 3.8) is 0 Å². The highest BCUT2D eigenvalue weighted by Crippen LogP contribution is 2.24. The Morgan fingerprint density at radius 2 is 1.85 bits per heavy atom. The van der Waals surface area contributed by atoms with Crippen molar-refractivity contribution in [2.24, 2.45) is 5.73 Å². The quantitative estimate of drug-likeness (QED) is 0.826. The number of hydrogen-bond donors (Lipinski definition) is 1. The number of ether oxygens (including phenoxy) is 2. The smallest absolute Gasteiger partial charge is 0.260 e. The first kappa shape index (κ1) is 19.3. The van der Waals surface area contributed by atoms with Gasteiger partial charge in [-0.1, -0.05) is 23.8 Å². The number of primary amides is 1. The summed E-state index contributed by atoms with van der Waals surface area (Å²) in [7, 11) is 3.22. The summed E-state index contributed by atoms with van der Waals surface area (Å²) in [5.74, 6) is -0.0897. The van der Waals surface area contributed by atoms with E-state index in [-0.39, 0.29) is 23.8 Å².